The summed E-state index contributed by atoms with van der Waals surface area (Å²) in [6, 6.07) is 8.21. The Morgan fingerprint density at radius 3 is 2.52 bits per heavy atom. The van der Waals surface area contributed by atoms with E-state index in [0.717, 1.165) is 44.6 Å². The van der Waals surface area contributed by atoms with E-state index in [2.05, 4.69) is 34.9 Å². The molecule has 0 aromatic heterocycles. The van der Waals surface area contributed by atoms with E-state index in [-0.39, 0.29) is 18.4 Å². The van der Waals surface area contributed by atoms with Crippen LogP contribution in [0.25, 0.3) is 0 Å². The summed E-state index contributed by atoms with van der Waals surface area (Å²) in [5.74, 6) is -0.00751. The van der Waals surface area contributed by atoms with Crippen LogP contribution in [0.1, 0.15) is 36.8 Å². The van der Waals surface area contributed by atoms with Gasteiger partial charge in [0.05, 0.1) is 6.54 Å². The SMILES string of the molecule is Cc1ccc(CCC(=O)NCC(=O)N2CCC3(CCNC3)CC2)cc1. The van der Waals surface area contributed by atoms with E-state index in [1.807, 2.05) is 11.8 Å². The molecule has 2 aliphatic heterocycles. The van der Waals surface area contributed by atoms with Crippen molar-refractivity contribution in [1.82, 2.24) is 15.5 Å². The van der Waals surface area contributed by atoms with Crippen molar-refractivity contribution in [3.05, 3.63) is 35.4 Å². The number of carbonyl (C=O) groups is 2. The molecule has 1 spiro atoms. The van der Waals surface area contributed by atoms with Crippen molar-refractivity contribution in [2.24, 2.45) is 5.41 Å². The van der Waals surface area contributed by atoms with Gasteiger partial charge in [0.15, 0.2) is 0 Å². The molecule has 2 saturated heterocycles. The third-order valence-electron chi connectivity index (χ3n) is 5.71. The molecule has 0 aliphatic carbocycles. The van der Waals surface area contributed by atoms with E-state index >= 15 is 0 Å². The van der Waals surface area contributed by atoms with Crippen LogP contribution in [0, 0.1) is 12.3 Å². The summed E-state index contributed by atoms with van der Waals surface area (Å²) in [5, 5.41) is 6.22. The van der Waals surface area contributed by atoms with Crippen molar-refractivity contribution in [3.8, 4) is 0 Å². The number of nitrogens with zero attached hydrogens (tertiary/aromatic N) is 1. The Kier molecular flexibility index (Phi) is 5.74. The Balaban J connectivity index is 1.35. The van der Waals surface area contributed by atoms with Gasteiger partial charge in [-0.2, -0.15) is 0 Å². The third-order valence-corrected chi connectivity index (χ3v) is 5.71. The molecule has 2 heterocycles. The molecule has 0 radical (unpaired) electrons. The molecule has 2 N–H and O–H groups in total. The molecule has 0 unspecified atom stereocenters. The molecular weight excluding hydrogens is 314 g/mol. The number of nitrogens with one attached hydrogen (secondary N) is 2. The molecule has 5 heteroatoms. The van der Waals surface area contributed by atoms with Crippen LogP contribution in [0.4, 0.5) is 0 Å². The zero-order chi connectivity index (χ0) is 17.7. The van der Waals surface area contributed by atoms with Gasteiger partial charge >= 0.3 is 0 Å². The summed E-state index contributed by atoms with van der Waals surface area (Å²) in [7, 11) is 0. The van der Waals surface area contributed by atoms with E-state index in [1.54, 1.807) is 0 Å². The fraction of sp³-hybridized carbons (Fsp3) is 0.600. The molecule has 0 atom stereocenters. The minimum absolute atomic E-state index is 0.0458. The summed E-state index contributed by atoms with van der Waals surface area (Å²) in [6.07, 6.45) is 4.51. The molecule has 1 aromatic rings. The predicted molar refractivity (Wildman–Crippen MR) is 98.2 cm³/mol. The second-order valence-corrected chi connectivity index (χ2v) is 7.57. The van der Waals surface area contributed by atoms with Crippen molar-refractivity contribution in [2.75, 3.05) is 32.7 Å². The smallest absolute Gasteiger partial charge is 0.241 e. The number of amides is 2. The second kappa shape index (κ2) is 8.00. The molecule has 2 aliphatic rings. The standard InChI is InChI=1S/C20H29N3O2/c1-16-2-4-17(5-3-16)6-7-18(24)22-14-19(25)23-12-9-20(10-13-23)8-11-21-15-20/h2-5,21H,6-15H2,1H3,(H,22,24). The number of benzene rings is 1. The Hall–Kier alpha value is -1.88. The maximum absolute atomic E-state index is 12.3. The van der Waals surface area contributed by atoms with Gasteiger partial charge in [0.1, 0.15) is 0 Å². The molecule has 2 fully saturated rings. The van der Waals surface area contributed by atoms with E-state index in [1.165, 1.54) is 12.0 Å². The summed E-state index contributed by atoms with van der Waals surface area (Å²) in [5.41, 5.74) is 2.78. The van der Waals surface area contributed by atoms with Crippen molar-refractivity contribution in [3.63, 3.8) is 0 Å². The summed E-state index contributed by atoms with van der Waals surface area (Å²) in [6.45, 7) is 6.00. The van der Waals surface area contributed by atoms with Crippen LogP contribution in [0.5, 0.6) is 0 Å². The maximum Gasteiger partial charge on any atom is 0.241 e. The lowest BCUT2D eigenvalue weighted by Gasteiger charge is -2.38. The first-order chi connectivity index (χ1) is 12.1. The lowest BCUT2D eigenvalue weighted by Crippen LogP contribution is -2.47. The Morgan fingerprint density at radius 1 is 1.16 bits per heavy atom. The Morgan fingerprint density at radius 2 is 1.88 bits per heavy atom. The second-order valence-electron chi connectivity index (χ2n) is 7.57. The van der Waals surface area contributed by atoms with Gasteiger partial charge in [-0.15, -0.1) is 0 Å². The van der Waals surface area contributed by atoms with Crippen molar-refractivity contribution < 1.29 is 9.59 Å². The minimum Gasteiger partial charge on any atom is -0.347 e. The van der Waals surface area contributed by atoms with Crippen molar-refractivity contribution in [2.45, 2.75) is 39.0 Å². The van der Waals surface area contributed by atoms with E-state index in [4.69, 9.17) is 0 Å². The molecular formula is C20H29N3O2. The topological polar surface area (TPSA) is 61.4 Å². The monoisotopic (exact) mass is 343 g/mol. The van der Waals surface area contributed by atoms with Gasteiger partial charge in [-0.1, -0.05) is 29.8 Å². The van der Waals surface area contributed by atoms with Crippen LogP contribution in [-0.4, -0.2) is 49.4 Å². The fourth-order valence-corrected chi connectivity index (χ4v) is 3.84. The average molecular weight is 343 g/mol. The number of aryl methyl sites for hydroxylation is 2. The lowest BCUT2D eigenvalue weighted by atomic mass is 9.78. The largest absolute Gasteiger partial charge is 0.347 e. The number of hydrogen-bond acceptors (Lipinski definition) is 3. The summed E-state index contributed by atoms with van der Waals surface area (Å²) < 4.78 is 0. The van der Waals surface area contributed by atoms with Crippen LogP contribution in [0.3, 0.4) is 0 Å². The highest BCUT2D eigenvalue weighted by Crippen LogP contribution is 2.36. The first-order valence-corrected chi connectivity index (χ1v) is 9.37. The van der Waals surface area contributed by atoms with Gasteiger partial charge in [0, 0.05) is 26.1 Å². The molecule has 1 aromatic carbocycles. The van der Waals surface area contributed by atoms with Gasteiger partial charge in [0.2, 0.25) is 11.8 Å². The fourth-order valence-electron chi connectivity index (χ4n) is 3.84. The number of rotatable bonds is 5. The van der Waals surface area contributed by atoms with E-state index < -0.39 is 0 Å². The molecule has 136 valence electrons. The van der Waals surface area contributed by atoms with Crippen LogP contribution in [0.15, 0.2) is 24.3 Å². The first kappa shape index (κ1) is 17.9. The van der Waals surface area contributed by atoms with Gasteiger partial charge in [0.25, 0.3) is 0 Å². The van der Waals surface area contributed by atoms with Crippen molar-refractivity contribution >= 4 is 11.8 Å². The van der Waals surface area contributed by atoms with E-state index in [9.17, 15) is 9.59 Å². The third kappa shape index (κ3) is 4.82. The molecule has 0 bridgehead atoms. The molecule has 25 heavy (non-hydrogen) atoms. The van der Waals surface area contributed by atoms with E-state index in [0.29, 0.717) is 18.3 Å². The molecule has 0 saturated carbocycles. The van der Waals surface area contributed by atoms with Crippen LogP contribution >= 0.6 is 0 Å². The minimum atomic E-state index is -0.0533. The number of likely N-dealkylation sites (tertiary alicyclic amines) is 1. The Labute approximate surface area is 150 Å². The number of piperidine rings is 1. The van der Waals surface area contributed by atoms with Gasteiger partial charge in [-0.05, 0) is 50.1 Å². The number of carbonyl (C=O) groups excluding carboxylic acids is 2. The van der Waals surface area contributed by atoms with Gasteiger partial charge in [-0.25, -0.2) is 0 Å². The zero-order valence-corrected chi connectivity index (χ0v) is 15.1. The van der Waals surface area contributed by atoms with Crippen LogP contribution in [-0.2, 0) is 16.0 Å². The quantitative estimate of drug-likeness (QED) is 0.854. The Bertz CT molecular complexity index is 596. The van der Waals surface area contributed by atoms with Gasteiger partial charge < -0.3 is 15.5 Å². The van der Waals surface area contributed by atoms with Crippen LogP contribution < -0.4 is 10.6 Å². The average Bonchev–Trinajstić information content (AvgIpc) is 3.08. The highest BCUT2D eigenvalue weighted by atomic mass is 16.2. The van der Waals surface area contributed by atoms with Crippen LogP contribution in [0.2, 0.25) is 0 Å². The normalized spacial score (nSPS) is 19.2. The molecule has 3 rings (SSSR count). The van der Waals surface area contributed by atoms with Gasteiger partial charge in [-0.3, -0.25) is 9.59 Å². The first-order valence-electron chi connectivity index (χ1n) is 9.37. The summed E-state index contributed by atoms with van der Waals surface area (Å²) in [4.78, 5) is 26.2. The summed E-state index contributed by atoms with van der Waals surface area (Å²) >= 11 is 0. The molecule has 5 nitrogen and oxygen atoms in total. The number of hydrogen-bond donors (Lipinski definition) is 2. The highest BCUT2D eigenvalue weighted by molar-refractivity contribution is 5.84. The zero-order valence-electron chi connectivity index (χ0n) is 15.1. The predicted octanol–water partition coefficient (Wildman–Crippen LogP) is 1.65. The maximum atomic E-state index is 12.3. The highest BCUT2D eigenvalue weighted by Gasteiger charge is 2.37. The lowest BCUT2D eigenvalue weighted by molar-refractivity contribution is -0.134. The van der Waals surface area contributed by atoms with Crippen molar-refractivity contribution in [1.29, 1.82) is 0 Å². The molecule has 2 amide bonds.